The van der Waals surface area contributed by atoms with E-state index < -0.39 is 23.4 Å². The number of anilines is 2. The number of ether oxygens (including phenoxy) is 2. The second-order valence-corrected chi connectivity index (χ2v) is 8.35. The van der Waals surface area contributed by atoms with Crippen molar-refractivity contribution in [2.75, 3.05) is 12.4 Å². The van der Waals surface area contributed by atoms with E-state index in [0.717, 1.165) is 0 Å². The number of esters is 1. The minimum Gasteiger partial charge on any atom is -0.493 e. The van der Waals surface area contributed by atoms with Gasteiger partial charge >= 0.3 is 11.9 Å². The van der Waals surface area contributed by atoms with Crippen LogP contribution >= 0.6 is 11.6 Å². The molecule has 0 saturated heterocycles. The number of fused-ring (bicyclic) bond motifs is 1. The highest BCUT2D eigenvalue weighted by atomic mass is 35.5. The zero-order valence-corrected chi connectivity index (χ0v) is 19.7. The lowest BCUT2D eigenvalue weighted by molar-refractivity contribution is -0.145. The molecule has 3 N–H and O–H groups in total. The third-order valence-electron chi connectivity index (χ3n) is 4.84. The van der Waals surface area contributed by atoms with Crippen LogP contribution in [0.1, 0.15) is 26.3 Å². The molecule has 0 aliphatic carbocycles. The molecule has 11 heteroatoms. The molecule has 0 radical (unpaired) electrons. The van der Waals surface area contributed by atoms with E-state index in [0.29, 0.717) is 38.7 Å². The molecule has 0 aliphatic heterocycles. The number of aromatic nitrogens is 2. The predicted octanol–water partition coefficient (Wildman–Crippen LogP) is 3.48. The molecule has 2 aromatic carbocycles. The quantitative estimate of drug-likeness (QED) is 0.322. The normalized spacial score (nSPS) is 11.1. The van der Waals surface area contributed by atoms with Crippen molar-refractivity contribution >= 4 is 51.9 Å². The van der Waals surface area contributed by atoms with Crippen LogP contribution in [-0.2, 0) is 20.8 Å². The van der Waals surface area contributed by atoms with Gasteiger partial charge in [-0.3, -0.25) is 9.59 Å². The Labute approximate surface area is 200 Å². The predicted molar refractivity (Wildman–Crippen MR) is 126 cm³/mol. The maximum atomic E-state index is 12.5. The highest BCUT2D eigenvalue weighted by molar-refractivity contribution is 6.31. The number of amides is 1. The average molecular weight is 487 g/mol. The summed E-state index contributed by atoms with van der Waals surface area (Å²) in [6.07, 6.45) is 1.24. The molecule has 3 rings (SSSR count). The number of benzene rings is 2. The summed E-state index contributed by atoms with van der Waals surface area (Å²) in [7, 11) is 1.45. The Hall–Kier alpha value is -3.92. The van der Waals surface area contributed by atoms with E-state index in [9.17, 15) is 19.5 Å². The summed E-state index contributed by atoms with van der Waals surface area (Å²) >= 11 is 6.18. The topological polar surface area (TPSA) is 140 Å². The van der Waals surface area contributed by atoms with E-state index in [1.807, 2.05) is 0 Å². The Bertz CT molecular complexity index is 1280. The molecular formula is C23H23ClN4O6. The molecule has 34 heavy (non-hydrogen) atoms. The Morgan fingerprint density at radius 2 is 1.85 bits per heavy atom. The highest BCUT2D eigenvalue weighted by Crippen LogP contribution is 2.35. The van der Waals surface area contributed by atoms with Gasteiger partial charge in [0, 0.05) is 29.1 Å². The number of carboxylic acid groups (broad SMARTS) is 1. The smallest absolute Gasteiger partial charge is 0.328 e. The molecule has 0 spiro atoms. The van der Waals surface area contributed by atoms with Gasteiger partial charge in [-0.05, 0) is 37.6 Å². The van der Waals surface area contributed by atoms with E-state index in [-0.39, 0.29) is 12.2 Å². The first-order valence-corrected chi connectivity index (χ1v) is 10.5. The Kier molecular flexibility index (Phi) is 7.21. The molecule has 10 nitrogen and oxygen atoms in total. The van der Waals surface area contributed by atoms with Gasteiger partial charge in [0.05, 0.1) is 19.0 Å². The van der Waals surface area contributed by atoms with Gasteiger partial charge in [-0.25, -0.2) is 14.8 Å². The van der Waals surface area contributed by atoms with Gasteiger partial charge in [0.15, 0.2) is 11.5 Å². The van der Waals surface area contributed by atoms with Crippen LogP contribution in [0.15, 0.2) is 36.7 Å². The van der Waals surface area contributed by atoms with Crippen molar-refractivity contribution in [3.8, 4) is 11.5 Å². The van der Waals surface area contributed by atoms with E-state index in [1.165, 1.54) is 34.2 Å². The number of carbonyl (C=O) groups excluding carboxylic acids is 2. The molecule has 1 amide bonds. The molecule has 0 atom stereocenters. The van der Waals surface area contributed by atoms with Gasteiger partial charge in [0.2, 0.25) is 5.91 Å². The van der Waals surface area contributed by atoms with E-state index in [1.54, 1.807) is 30.3 Å². The third-order valence-corrected chi connectivity index (χ3v) is 5.07. The van der Waals surface area contributed by atoms with Crippen molar-refractivity contribution < 1.29 is 29.0 Å². The Morgan fingerprint density at radius 3 is 2.50 bits per heavy atom. The standard InChI is InChI=1S/C23H23ClN4O6/c1-12(29)34-19-9-15-17(10-18(19)33-4)25-11-26-21(15)27-16-8-14(24)6-5-13(16)7-20(30)28-23(2,3)22(31)32/h5-6,8-11H,7H2,1-4H3,(H,28,30)(H,31,32)(H,25,26,27). The Balaban J connectivity index is 1.98. The number of nitrogens with one attached hydrogen (secondary N) is 2. The number of carboxylic acids is 1. The number of halogens is 1. The van der Waals surface area contributed by atoms with Crippen molar-refractivity contribution in [3.63, 3.8) is 0 Å². The lowest BCUT2D eigenvalue weighted by Crippen LogP contribution is -2.50. The molecule has 1 heterocycles. The highest BCUT2D eigenvalue weighted by Gasteiger charge is 2.29. The van der Waals surface area contributed by atoms with Crippen LogP contribution in [0.4, 0.5) is 11.5 Å². The van der Waals surface area contributed by atoms with Crippen LogP contribution in [-0.4, -0.2) is 45.6 Å². The lowest BCUT2D eigenvalue weighted by Gasteiger charge is -2.21. The van der Waals surface area contributed by atoms with Crippen LogP contribution in [0.2, 0.25) is 5.02 Å². The fourth-order valence-electron chi connectivity index (χ4n) is 3.12. The van der Waals surface area contributed by atoms with E-state index in [4.69, 9.17) is 21.1 Å². The van der Waals surface area contributed by atoms with Gasteiger partial charge < -0.3 is 25.2 Å². The summed E-state index contributed by atoms with van der Waals surface area (Å²) < 4.78 is 10.5. The summed E-state index contributed by atoms with van der Waals surface area (Å²) in [5.41, 5.74) is 0.144. The summed E-state index contributed by atoms with van der Waals surface area (Å²) in [6.45, 7) is 4.08. The maximum absolute atomic E-state index is 12.5. The zero-order valence-electron chi connectivity index (χ0n) is 18.9. The van der Waals surface area contributed by atoms with Crippen LogP contribution in [0, 0.1) is 0 Å². The van der Waals surface area contributed by atoms with Gasteiger partial charge in [-0.2, -0.15) is 0 Å². The SMILES string of the molecule is COc1cc2ncnc(Nc3cc(Cl)ccc3CC(=O)NC(C)(C)C(=O)O)c2cc1OC(C)=O. The number of hydrogen-bond acceptors (Lipinski definition) is 8. The molecular weight excluding hydrogens is 464 g/mol. The van der Waals surface area contributed by atoms with Crippen LogP contribution < -0.4 is 20.1 Å². The van der Waals surface area contributed by atoms with Gasteiger partial charge in [-0.15, -0.1) is 0 Å². The third kappa shape index (κ3) is 5.70. The number of rotatable bonds is 8. The summed E-state index contributed by atoms with van der Waals surface area (Å²) in [5, 5.41) is 15.8. The number of hydrogen-bond donors (Lipinski definition) is 3. The van der Waals surface area contributed by atoms with Crippen molar-refractivity contribution in [3.05, 3.63) is 47.2 Å². The summed E-state index contributed by atoms with van der Waals surface area (Å²) in [6, 6.07) is 8.09. The van der Waals surface area contributed by atoms with Gasteiger partial charge in [0.1, 0.15) is 17.7 Å². The molecule has 0 bridgehead atoms. The minimum atomic E-state index is -1.42. The fourth-order valence-corrected chi connectivity index (χ4v) is 3.30. The monoisotopic (exact) mass is 486 g/mol. The molecule has 1 aromatic heterocycles. The van der Waals surface area contributed by atoms with Crippen LogP contribution in [0.3, 0.4) is 0 Å². The molecule has 0 unspecified atom stereocenters. The first kappa shape index (κ1) is 24.7. The zero-order chi connectivity index (χ0) is 25.0. The second-order valence-electron chi connectivity index (χ2n) is 7.92. The lowest BCUT2D eigenvalue weighted by atomic mass is 10.0. The van der Waals surface area contributed by atoms with Crippen molar-refractivity contribution in [1.82, 2.24) is 15.3 Å². The summed E-state index contributed by atoms with van der Waals surface area (Å²) in [4.78, 5) is 43.9. The fraction of sp³-hybridized carbons (Fsp3) is 0.261. The first-order chi connectivity index (χ1) is 16.0. The minimum absolute atomic E-state index is 0.105. The number of nitrogens with zero attached hydrogens (tertiary/aromatic N) is 2. The molecule has 178 valence electrons. The second kappa shape index (κ2) is 9.92. The molecule has 3 aromatic rings. The van der Waals surface area contributed by atoms with Gasteiger partial charge in [0.25, 0.3) is 0 Å². The molecule has 0 saturated carbocycles. The average Bonchev–Trinajstić information content (AvgIpc) is 2.74. The molecule has 0 aliphatic rings. The largest absolute Gasteiger partial charge is 0.493 e. The van der Waals surface area contributed by atoms with E-state index in [2.05, 4.69) is 20.6 Å². The first-order valence-electron chi connectivity index (χ1n) is 10.1. The van der Waals surface area contributed by atoms with Crippen molar-refractivity contribution in [2.45, 2.75) is 32.7 Å². The van der Waals surface area contributed by atoms with Crippen molar-refractivity contribution in [1.29, 1.82) is 0 Å². The van der Waals surface area contributed by atoms with Crippen molar-refractivity contribution in [2.24, 2.45) is 0 Å². The number of carbonyl (C=O) groups is 3. The van der Waals surface area contributed by atoms with Crippen LogP contribution in [0.5, 0.6) is 11.5 Å². The number of aliphatic carboxylic acids is 1. The maximum Gasteiger partial charge on any atom is 0.328 e. The summed E-state index contributed by atoms with van der Waals surface area (Å²) in [5.74, 6) is -1.25. The van der Waals surface area contributed by atoms with Gasteiger partial charge in [-0.1, -0.05) is 17.7 Å². The Morgan fingerprint density at radius 1 is 1.12 bits per heavy atom. The molecule has 0 fully saturated rings. The van der Waals surface area contributed by atoms with E-state index >= 15 is 0 Å². The number of methoxy groups -OCH3 is 1. The van der Waals surface area contributed by atoms with Crippen LogP contribution in [0.25, 0.3) is 10.9 Å².